The van der Waals surface area contributed by atoms with Crippen LogP contribution in [0.3, 0.4) is 0 Å². The number of halogens is 2. The number of carbonyl (C=O) groups is 1. The van der Waals surface area contributed by atoms with Crippen molar-refractivity contribution in [3.63, 3.8) is 0 Å². The lowest BCUT2D eigenvalue weighted by Gasteiger charge is -2.38. The summed E-state index contributed by atoms with van der Waals surface area (Å²) < 4.78 is 25.7. The normalized spacial score (nSPS) is 12.7. The Balaban J connectivity index is 1.69. The van der Waals surface area contributed by atoms with Crippen molar-refractivity contribution in [1.82, 2.24) is 9.97 Å². The van der Waals surface area contributed by atoms with E-state index in [9.17, 15) is 4.79 Å². The minimum Gasteiger partial charge on any atom is -0.492 e. The number of rotatable bonds is 7. The van der Waals surface area contributed by atoms with Crippen LogP contribution in [0.25, 0.3) is 11.4 Å². The number of aromatic nitrogens is 2. The Morgan fingerprint density at radius 3 is 2.11 bits per heavy atom. The summed E-state index contributed by atoms with van der Waals surface area (Å²) in [7, 11) is 2.64. The fourth-order valence-corrected chi connectivity index (χ4v) is 4.81. The number of hydrogen-bond donors (Lipinski definition) is 0. The first-order valence-corrected chi connectivity index (χ1v) is 12.5. The Morgan fingerprint density at radius 1 is 0.895 bits per heavy atom. The number of carbonyl (C=O) groups excluding carboxylic acids is 1. The zero-order chi connectivity index (χ0) is 26.6. The van der Waals surface area contributed by atoms with Gasteiger partial charge >= 0.3 is 5.97 Å². The maximum Gasteiger partial charge on any atom is 0.359 e. The first kappa shape index (κ1) is 25.5. The molecule has 3 aromatic carbocycles. The van der Waals surface area contributed by atoms with Gasteiger partial charge in [0.15, 0.2) is 28.9 Å². The first-order chi connectivity index (χ1) is 18.5. The number of nitrogens with zero attached hydrogens (tertiary/aromatic N) is 4. The largest absolute Gasteiger partial charge is 0.492 e. The molecule has 0 spiro atoms. The van der Waals surface area contributed by atoms with Gasteiger partial charge in [-0.05, 0) is 23.3 Å². The third-order valence-electron chi connectivity index (χ3n) is 6.43. The van der Waals surface area contributed by atoms with E-state index in [-0.39, 0.29) is 27.9 Å². The summed E-state index contributed by atoms with van der Waals surface area (Å²) in [4.78, 5) is 26.6. The van der Waals surface area contributed by atoms with Gasteiger partial charge in [-0.2, -0.15) is 0 Å². The van der Waals surface area contributed by atoms with E-state index in [0.29, 0.717) is 37.7 Å². The number of methoxy groups -OCH3 is 2. The molecule has 1 aromatic heterocycles. The molecule has 2 heterocycles. The van der Waals surface area contributed by atoms with E-state index in [0.717, 1.165) is 11.1 Å². The van der Waals surface area contributed by atoms with Crippen LogP contribution in [-0.2, 0) is 17.8 Å². The Hall–Kier alpha value is -4.17. The van der Waals surface area contributed by atoms with Crippen LogP contribution in [0, 0.1) is 5.82 Å². The maximum atomic E-state index is 15.4. The topological polar surface area (TPSA) is 67.8 Å². The molecular formula is C29H26ClFN4O3. The van der Waals surface area contributed by atoms with Crippen LogP contribution in [0.4, 0.5) is 15.9 Å². The van der Waals surface area contributed by atoms with Crippen LogP contribution in [0.15, 0.2) is 72.8 Å². The molecule has 1 aliphatic heterocycles. The fourth-order valence-electron chi connectivity index (χ4n) is 4.59. The van der Waals surface area contributed by atoms with E-state index in [1.54, 1.807) is 0 Å². The number of anilines is 2. The Morgan fingerprint density at radius 2 is 1.50 bits per heavy atom. The third-order valence-corrected chi connectivity index (χ3v) is 6.72. The highest BCUT2D eigenvalue weighted by Crippen LogP contribution is 2.40. The summed E-state index contributed by atoms with van der Waals surface area (Å²) in [5.41, 5.74) is 2.83. The highest BCUT2D eigenvalue weighted by molar-refractivity contribution is 6.32. The standard InChI is InChI=1S/C29H26ClFN4O3/c1-37-26-22(30)14-13-21(23(26)31)27-32-24(29(36)38-2)25-28(33-27)35(18-20-11-7-4-8-12-20)16-15-34(25)17-19-9-5-3-6-10-19/h3-14H,15-18H2,1-2H3. The van der Waals surface area contributed by atoms with Crippen LogP contribution >= 0.6 is 11.6 Å². The summed E-state index contributed by atoms with van der Waals surface area (Å²) in [6.07, 6.45) is 0. The minimum absolute atomic E-state index is 0.0382. The van der Waals surface area contributed by atoms with Crippen molar-refractivity contribution in [3.05, 3.63) is 100 Å². The van der Waals surface area contributed by atoms with Gasteiger partial charge in [0.2, 0.25) is 0 Å². The molecule has 0 aliphatic carbocycles. The van der Waals surface area contributed by atoms with E-state index in [1.165, 1.54) is 26.4 Å². The number of fused-ring (bicyclic) bond motifs is 1. The quantitative estimate of drug-likeness (QED) is 0.280. The average Bonchev–Trinajstić information content (AvgIpc) is 2.95. The van der Waals surface area contributed by atoms with Crippen LogP contribution in [0.2, 0.25) is 5.02 Å². The van der Waals surface area contributed by atoms with E-state index < -0.39 is 11.8 Å². The SMILES string of the molecule is COC(=O)c1nc(-c2ccc(Cl)c(OC)c2F)nc2c1N(Cc1ccccc1)CCN2Cc1ccccc1. The molecule has 38 heavy (non-hydrogen) atoms. The molecule has 1 aliphatic rings. The van der Waals surface area contributed by atoms with Crippen molar-refractivity contribution in [1.29, 1.82) is 0 Å². The molecule has 0 fully saturated rings. The second kappa shape index (κ2) is 11.1. The molecule has 0 bridgehead atoms. The number of ether oxygens (including phenoxy) is 2. The van der Waals surface area contributed by atoms with Gasteiger partial charge in [0.05, 0.1) is 24.8 Å². The molecule has 4 aromatic rings. The van der Waals surface area contributed by atoms with E-state index in [1.807, 2.05) is 60.7 Å². The predicted octanol–water partition coefficient (Wildman–Crippen LogP) is 5.76. The van der Waals surface area contributed by atoms with Crippen molar-refractivity contribution >= 4 is 29.1 Å². The predicted molar refractivity (Wildman–Crippen MR) is 145 cm³/mol. The highest BCUT2D eigenvalue weighted by atomic mass is 35.5. The molecule has 0 saturated carbocycles. The Kier molecular flexibility index (Phi) is 7.42. The van der Waals surface area contributed by atoms with Crippen molar-refractivity contribution < 1.29 is 18.7 Å². The van der Waals surface area contributed by atoms with E-state index in [2.05, 4.69) is 14.8 Å². The molecule has 0 radical (unpaired) electrons. The number of benzene rings is 3. The summed E-state index contributed by atoms with van der Waals surface area (Å²) in [5.74, 6) is -0.892. The lowest BCUT2D eigenvalue weighted by molar-refractivity contribution is 0.0594. The van der Waals surface area contributed by atoms with Gasteiger partial charge < -0.3 is 19.3 Å². The Bertz CT molecular complexity index is 1450. The van der Waals surface area contributed by atoms with Gasteiger partial charge in [-0.25, -0.2) is 19.2 Å². The summed E-state index contributed by atoms with van der Waals surface area (Å²) >= 11 is 6.12. The lowest BCUT2D eigenvalue weighted by Crippen LogP contribution is -2.42. The van der Waals surface area contributed by atoms with Crippen molar-refractivity contribution in [2.24, 2.45) is 0 Å². The monoisotopic (exact) mass is 532 g/mol. The molecular weight excluding hydrogens is 507 g/mol. The zero-order valence-electron chi connectivity index (χ0n) is 21.0. The number of hydrogen-bond acceptors (Lipinski definition) is 7. The van der Waals surface area contributed by atoms with Gasteiger partial charge in [-0.15, -0.1) is 0 Å². The first-order valence-electron chi connectivity index (χ1n) is 12.1. The average molecular weight is 533 g/mol. The van der Waals surface area contributed by atoms with Gasteiger partial charge in [0, 0.05) is 26.2 Å². The molecule has 194 valence electrons. The van der Waals surface area contributed by atoms with Crippen LogP contribution < -0.4 is 14.5 Å². The second-order valence-corrected chi connectivity index (χ2v) is 9.22. The summed E-state index contributed by atoms with van der Waals surface area (Å²) in [6, 6.07) is 22.9. The van der Waals surface area contributed by atoms with Gasteiger partial charge in [-0.3, -0.25) is 0 Å². The Labute approximate surface area is 225 Å². The molecule has 0 saturated heterocycles. The minimum atomic E-state index is -0.706. The lowest BCUT2D eigenvalue weighted by atomic mass is 10.1. The van der Waals surface area contributed by atoms with Gasteiger partial charge in [0.1, 0.15) is 5.69 Å². The second-order valence-electron chi connectivity index (χ2n) is 8.82. The van der Waals surface area contributed by atoms with Gasteiger partial charge in [0.25, 0.3) is 0 Å². The van der Waals surface area contributed by atoms with Crippen molar-refractivity contribution in [3.8, 4) is 17.1 Å². The zero-order valence-corrected chi connectivity index (χ0v) is 21.8. The molecule has 0 atom stereocenters. The van der Waals surface area contributed by atoms with E-state index >= 15 is 4.39 Å². The molecule has 5 rings (SSSR count). The van der Waals surface area contributed by atoms with E-state index in [4.69, 9.17) is 26.1 Å². The summed E-state index contributed by atoms with van der Waals surface area (Å²) in [5, 5.41) is 0.125. The van der Waals surface area contributed by atoms with Crippen LogP contribution in [0.5, 0.6) is 5.75 Å². The fraction of sp³-hybridized carbons (Fsp3) is 0.207. The van der Waals surface area contributed by atoms with Crippen molar-refractivity contribution in [2.75, 3.05) is 37.1 Å². The molecule has 7 nitrogen and oxygen atoms in total. The number of esters is 1. The maximum absolute atomic E-state index is 15.4. The highest BCUT2D eigenvalue weighted by Gasteiger charge is 2.33. The smallest absolute Gasteiger partial charge is 0.359 e. The van der Waals surface area contributed by atoms with Crippen LogP contribution in [0.1, 0.15) is 21.6 Å². The molecule has 9 heteroatoms. The molecule has 0 unspecified atom stereocenters. The van der Waals surface area contributed by atoms with Crippen molar-refractivity contribution in [2.45, 2.75) is 13.1 Å². The molecule has 0 amide bonds. The van der Waals surface area contributed by atoms with Gasteiger partial charge in [-0.1, -0.05) is 72.3 Å². The third kappa shape index (κ3) is 4.99. The van der Waals surface area contributed by atoms with Crippen LogP contribution in [-0.4, -0.2) is 43.2 Å². The summed E-state index contributed by atoms with van der Waals surface area (Å²) in [6.45, 7) is 2.36. The molecule has 0 N–H and O–H groups in total.